The van der Waals surface area contributed by atoms with Crippen molar-refractivity contribution < 1.29 is 19.1 Å². The number of benzene rings is 2. The second-order valence-electron chi connectivity index (χ2n) is 7.47. The number of nitrogens with zero attached hydrogens (tertiary/aromatic N) is 1. The zero-order valence-electron chi connectivity index (χ0n) is 19.0. The molecule has 0 bridgehead atoms. The van der Waals surface area contributed by atoms with Gasteiger partial charge in [-0.05, 0) is 48.2 Å². The third-order valence-corrected chi connectivity index (χ3v) is 5.22. The summed E-state index contributed by atoms with van der Waals surface area (Å²) in [5.74, 6) is 1.26. The molecule has 0 aliphatic heterocycles. The molecular formula is C25H34N2O4. The first-order valence-corrected chi connectivity index (χ1v) is 10.8. The Labute approximate surface area is 185 Å². The van der Waals surface area contributed by atoms with Gasteiger partial charge in [-0.1, -0.05) is 44.5 Å². The van der Waals surface area contributed by atoms with E-state index in [1.165, 1.54) is 0 Å². The fourth-order valence-electron chi connectivity index (χ4n) is 3.41. The number of rotatable bonds is 12. The van der Waals surface area contributed by atoms with E-state index in [9.17, 15) is 9.59 Å². The molecule has 2 rings (SSSR count). The number of nitrogens with one attached hydrogen (secondary N) is 1. The Bertz CT molecular complexity index is 836. The molecule has 0 unspecified atom stereocenters. The van der Waals surface area contributed by atoms with Crippen molar-refractivity contribution in [3.8, 4) is 11.5 Å². The highest BCUT2D eigenvalue weighted by molar-refractivity contribution is 5.88. The summed E-state index contributed by atoms with van der Waals surface area (Å²) in [7, 11) is 3.22. The van der Waals surface area contributed by atoms with Crippen LogP contribution >= 0.6 is 0 Å². The molecule has 0 saturated carbocycles. The molecule has 6 heteroatoms. The Hall–Kier alpha value is -3.02. The number of hydrogen-bond donors (Lipinski definition) is 1. The summed E-state index contributed by atoms with van der Waals surface area (Å²) in [5, 5.41) is 2.98. The van der Waals surface area contributed by atoms with Crippen LogP contribution in [0.25, 0.3) is 0 Å². The third-order valence-electron chi connectivity index (χ3n) is 5.22. The lowest BCUT2D eigenvalue weighted by Crippen LogP contribution is -2.49. The van der Waals surface area contributed by atoms with Crippen LogP contribution < -0.4 is 14.8 Å². The lowest BCUT2D eigenvalue weighted by Gasteiger charge is -2.31. The standard InChI is InChI=1S/C25H34N2O4/c1-5-7-15-26-25(29)23(6-2)27(18-20-9-8-10-22(16-20)31-4)24(28)17-19-11-13-21(30-3)14-12-19/h8-14,16,23H,5-7,15,17-18H2,1-4H3,(H,26,29)/t23-/m0/s1. The van der Waals surface area contributed by atoms with E-state index in [1.54, 1.807) is 19.1 Å². The van der Waals surface area contributed by atoms with E-state index in [4.69, 9.17) is 9.47 Å². The molecule has 2 amide bonds. The van der Waals surface area contributed by atoms with E-state index in [1.807, 2.05) is 55.5 Å². The highest BCUT2D eigenvalue weighted by Gasteiger charge is 2.28. The molecule has 0 fully saturated rings. The van der Waals surface area contributed by atoms with Gasteiger partial charge in [-0.25, -0.2) is 0 Å². The van der Waals surface area contributed by atoms with Crippen LogP contribution in [-0.4, -0.2) is 43.5 Å². The van der Waals surface area contributed by atoms with E-state index in [2.05, 4.69) is 12.2 Å². The van der Waals surface area contributed by atoms with Crippen LogP contribution in [0.15, 0.2) is 48.5 Å². The van der Waals surface area contributed by atoms with Crippen molar-refractivity contribution in [1.29, 1.82) is 0 Å². The molecule has 0 aromatic heterocycles. The summed E-state index contributed by atoms with van der Waals surface area (Å²) >= 11 is 0. The molecule has 2 aromatic carbocycles. The molecule has 0 spiro atoms. The van der Waals surface area contributed by atoms with Crippen molar-refractivity contribution in [2.24, 2.45) is 0 Å². The zero-order chi connectivity index (χ0) is 22.6. The summed E-state index contributed by atoms with van der Waals surface area (Å²) < 4.78 is 10.5. The molecule has 1 atom stereocenters. The number of carbonyl (C=O) groups excluding carboxylic acids is 2. The van der Waals surface area contributed by atoms with Gasteiger partial charge >= 0.3 is 0 Å². The first-order chi connectivity index (χ1) is 15.0. The topological polar surface area (TPSA) is 67.9 Å². The van der Waals surface area contributed by atoms with Gasteiger partial charge in [-0.15, -0.1) is 0 Å². The predicted octanol–water partition coefficient (Wildman–Crippen LogP) is 3.97. The van der Waals surface area contributed by atoms with Gasteiger partial charge in [-0.3, -0.25) is 9.59 Å². The smallest absolute Gasteiger partial charge is 0.242 e. The number of hydrogen-bond acceptors (Lipinski definition) is 4. The summed E-state index contributed by atoms with van der Waals surface area (Å²) in [6.45, 7) is 4.97. The largest absolute Gasteiger partial charge is 0.497 e. The molecule has 6 nitrogen and oxygen atoms in total. The Morgan fingerprint density at radius 1 is 0.968 bits per heavy atom. The monoisotopic (exact) mass is 426 g/mol. The molecule has 1 N–H and O–H groups in total. The van der Waals surface area contributed by atoms with Gasteiger partial charge in [0, 0.05) is 13.1 Å². The maximum absolute atomic E-state index is 13.3. The molecule has 0 radical (unpaired) electrons. The summed E-state index contributed by atoms with van der Waals surface area (Å²) in [4.78, 5) is 27.9. The fraction of sp³-hybridized carbons (Fsp3) is 0.440. The molecule has 2 aromatic rings. The van der Waals surface area contributed by atoms with Gasteiger partial charge in [0.1, 0.15) is 17.5 Å². The van der Waals surface area contributed by atoms with E-state index in [-0.39, 0.29) is 18.2 Å². The second kappa shape index (κ2) is 12.6. The first-order valence-electron chi connectivity index (χ1n) is 10.8. The maximum Gasteiger partial charge on any atom is 0.242 e. The van der Waals surface area contributed by atoms with Crippen molar-refractivity contribution >= 4 is 11.8 Å². The minimum absolute atomic E-state index is 0.0921. The number of unbranched alkanes of at least 4 members (excludes halogenated alkanes) is 1. The number of amides is 2. The maximum atomic E-state index is 13.3. The van der Waals surface area contributed by atoms with Gasteiger partial charge in [0.25, 0.3) is 0 Å². The summed E-state index contributed by atoms with van der Waals surface area (Å²) in [6.07, 6.45) is 2.67. The average Bonchev–Trinajstić information content (AvgIpc) is 2.79. The highest BCUT2D eigenvalue weighted by Crippen LogP contribution is 2.19. The van der Waals surface area contributed by atoms with Gasteiger partial charge in [0.2, 0.25) is 11.8 Å². The first kappa shape index (κ1) is 24.3. The van der Waals surface area contributed by atoms with Crippen LogP contribution in [0, 0.1) is 0 Å². The van der Waals surface area contributed by atoms with Crippen LogP contribution in [-0.2, 0) is 22.6 Å². The normalized spacial score (nSPS) is 11.5. The van der Waals surface area contributed by atoms with Crippen LogP contribution in [0.2, 0.25) is 0 Å². The SMILES string of the molecule is CCCCNC(=O)[C@H](CC)N(Cc1cccc(OC)c1)C(=O)Cc1ccc(OC)cc1. The van der Waals surface area contributed by atoms with Crippen molar-refractivity contribution in [3.05, 3.63) is 59.7 Å². The van der Waals surface area contributed by atoms with E-state index >= 15 is 0 Å². The zero-order valence-corrected chi connectivity index (χ0v) is 19.0. The predicted molar refractivity (Wildman–Crippen MR) is 122 cm³/mol. The van der Waals surface area contributed by atoms with E-state index in [0.29, 0.717) is 19.5 Å². The molecule has 0 saturated heterocycles. The molecule has 0 aliphatic carbocycles. The summed E-state index contributed by atoms with van der Waals surface area (Å²) in [5.41, 5.74) is 1.80. The number of methoxy groups -OCH3 is 2. The lowest BCUT2D eigenvalue weighted by atomic mass is 10.1. The van der Waals surface area contributed by atoms with Gasteiger partial charge in [-0.2, -0.15) is 0 Å². The van der Waals surface area contributed by atoms with Crippen LogP contribution in [0.3, 0.4) is 0 Å². The Balaban J connectivity index is 2.25. The van der Waals surface area contributed by atoms with Crippen LogP contribution in [0.4, 0.5) is 0 Å². The second-order valence-corrected chi connectivity index (χ2v) is 7.47. The Kier molecular flexibility index (Phi) is 9.88. The average molecular weight is 427 g/mol. The number of ether oxygens (including phenoxy) is 2. The van der Waals surface area contributed by atoms with E-state index in [0.717, 1.165) is 35.5 Å². The van der Waals surface area contributed by atoms with Crippen molar-refractivity contribution in [2.45, 2.75) is 52.1 Å². The molecule has 0 aliphatic rings. The van der Waals surface area contributed by atoms with Gasteiger partial charge in [0.15, 0.2) is 0 Å². The van der Waals surface area contributed by atoms with Gasteiger partial charge in [0.05, 0.1) is 20.6 Å². The highest BCUT2D eigenvalue weighted by atomic mass is 16.5. The van der Waals surface area contributed by atoms with Crippen LogP contribution in [0.1, 0.15) is 44.2 Å². The Morgan fingerprint density at radius 2 is 1.68 bits per heavy atom. The summed E-state index contributed by atoms with van der Waals surface area (Å²) in [6, 6.07) is 14.5. The minimum atomic E-state index is -0.534. The molecule has 31 heavy (non-hydrogen) atoms. The lowest BCUT2D eigenvalue weighted by molar-refractivity contribution is -0.140. The molecular weight excluding hydrogens is 392 g/mol. The van der Waals surface area contributed by atoms with Crippen molar-refractivity contribution in [1.82, 2.24) is 10.2 Å². The van der Waals surface area contributed by atoms with Crippen molar-refractivity contribution in [3.63, 3.8) is 0 Å². The van der Waals surface area contributed by atoms with E-state index < -0.39 is 6.04 Å². The molecule has 168 valence electrons. The van der Waals surface area contributed by atoms with Gasteiger partial charge < -0.3 is 19.7 Å². The third kappa shape index (κ3) is 7.31. The fourth-order valence-corrected chi connectivity index (χ4v) is 3.41. The molecule has 0 heterocycles. The number of carbonyl (C=O) groups is 2. The Morgan fingerprint density at radius 3 is 2.29 bits per heavy atom. The van der Waals surface area contributed by atoms with Crippen molar-refractivity contribution in [2.75, 3.05) is 20.8 Å². The quantitative estimate of drug-likeness (QED) is 0.522. The van der Waals surface area contributed by atoms with Crippen LogP contribution in [0.5, 0.6) is 11.5 Å². The minimum Gasteiger partial charge on any atom is -0.497 e.